The first-order chi connectivity index (χ1) is 15.7. The van der Waals surface area contributed by atoms with Gasteiger partial charge in [0.25, 0.3) is 0 Å². The van der Waals surface area contributed by atoms with Crippen molar-refractivity contribution in [2.45, 2.75) is 49.8 Å². The topological polar surface area (TPSA) is 128 Å². The number of carbonyl (C=O) groups excluding carboxylic acids is 3. The van der Waals surface area contributed by atoms with Crippen LogP contribution in [0.15, 0.2) is 10.6 Å². The second-order valence-electron chi connectivity index (χ2n) is 8.82. The fourth-order valence-corrected chi connectivity index (χ4v) is 6.11. The monoisotopic (exact) mass is 508 g/mol. The molecule has 3 amide bonds. The predicted octanol–water partition coefficient (Wildman–Crippen LogP) is 0.988. The first-order valence-corrected chi connectivity index (χ1v) is 11.5. The van der Waals surface area contributed by atoms with E-state index in [-0.39, 0.29) is 28.8 Å². The summed E-state index contributed by atoms with van der Waals surface area (Å²) in [6.07, 6.45) is -5.49. The third-order valence-electron chi connectivity index (χ3n) is 6.17. The lowest BCUT2D eigenvalue weighted by Gasteiger charge is -2.47. The largest absolute Gasteiger partial charge is 0.477 e. The van der Waals surface area contributed by atoms with E-state index in [0.29, 0.717) is 17.9 Å². The standard InChI is InChI=1S/C20H27F3N4O6S/c1-8-13-12(9(2)25-19(32)33-7-20(21,22)23)17(29)27(13)14(18(30)31)15(8)34-10-5-11(24-6-10)16(28)26(3)4/h8-13,24H,5-7H2,1-4H3,(H,25,32)(H,30,31)/t8-,9-,10+,11+,12-,13?/m1/s1. The summed E-state index contributed by atoms with van der Waals surface area (Å²) < 4.78 is 40.9. The lowest BCUT2D eigenvalue weighted by Crippen LogP contribution is -2.66. The smallest absolute Gasteiger partial charge is 0.422 e. The first kappa shape index (κ1) is 26.1. The number of alkyl carbamates (subject to hydrolysis) is 1. The van der Waals surface area contributed by atoms with Crippen molar-refractivity contribution in [3.63, 3.8) is 0 Å². The highest BCUT2D eigenvalue weighted by atomic mass is 32.2. The molecule has 3 N–H and O–H groups in total. The molecule has 0 aromatic rings. The normalized spacial score (nSPS) is 29.4. The van der Waals surface area contributed by atoms with Crippen LogP contribution in [0.25, 0.3) is 0 Å². The second-order valence-corrected chi connectivity index (χ2v) is 10.2. The molecule has 3 aliphatic rings. The summed E-state index contributed by atoms with van der Waals surface area (Å²) in [5.74, 6) is -3.06. The molecule has 3 rings (SSSR count). The van der Waals surface area contributed by atoms with Gasteiger partial charge in [-0.05, 0) is 13.3 Å². The van der Waals surface area contributed by atoms with Crippen molar-refractivity contribution in [2.75, 3.05) is 27.2 Å². The van der Waals surface area contributed by atoms with Crippen LogP contribution < -0.4 is 10.6 Å². The summed E-state index contributed by atoms with van der Waals surface area (Å²) in [7, 11) is 3.30. The number of carbonyl (C=O) groups is 4. The number of β-lactam (4-membered cyclic amide) rings is 1. The minimum atomic E-state index is -4.68. The van der Waals surface area contributed by atoms with Gasteiger partial charge in [-0.25, -0.2) is 9.59 Å². The highest BCUT2D eigenvalue weighted by molar-refractivity contribution is 8.03. The molecule has 0 radical (unpaired) electrons. The molecule has 10 nitrogen and oxygen atoms in total. The third kappa shape index (κ3) is 5.11. The Bertz CT molecular complexity index is 911. The number of thioether (sulfide) groups is 1. The van der Waals surface area contributed by atoms with Crippen molar-refractivity contribution in [1.29, 1.82) is 0 Å². The van der Waals surface area contributed by atoms with Gasteiger partial charge in [-0.15, -0.1) is 11.8 Å². The molecule has 0 aliphatic carbocycles. The maximum Gasteiger partial charge on any atom is 0.422 e. The Morgan fingerprint density at radius 1 is 1.35 bits per heavy atom. The Morgan fingerprint density at radius 3 is 2.56 bits per heavy atom. The van der Waals surface area contributed by atoms with Gasteiger partial charge in [0.15, 0.2) is 6.61 Å². The molecule has 2 saturated heterocycles. The van der Waals surface area contributed by atoms with Crippen molar-refractivity contribution in [1.82, 2.24) is 20.4 Å². The number of hydrogen-bond donors (Lipinski definition) is 3. The van der Waals surface area contributed by atoms with Gasteiger partial charge in [-0.2, -0.15) is 13.2 Å². The highest BCUT2D eigenvalue weighted by Crippen LogP contribution is 2.51. The van der Waals surface area contributed by atoms with E-state index in [1.54, 1.807) is 21.0 Å². The van der Waals surface area contributed by atoms with Gasteiger partial charge in [0.1, 0.15) is 5.70 Å². The van der Waals surface area contributed by atoms with Gasteiger partial charge in [0.2, 0.25) is 11.8 Å². The lowest BCUT2D eigenvalue weighted by atomic mass is 9.78. The number of amides is 3. The number of carboxylic acid groups (broad SMARTS) is 1. The number of hydrogen-bond acceptors (Lipinski definition) is 7. The van der Waals surface area contributed by atoms with Gasteiger partial charge < -0.3 is 30.3 Å². The van der Waals surface area contributed by atoms with E-state index in [1.807, 2.05) is 0 Å². The molecule has 1 unspecified atom stereocenters. The number of alkyl halides is 3. The molecule has 2 fully saturated rings. The molecule has 3 aliphatic heterocycles. The van der Waals surface area contributed by atoms with Crippen LogP contribution >= 0.6 is 11.8 Å². The van der Waals surface area contributed by atoms with E-state index in [4.69, 9.17) is 0 Å². The first-order valence-electron chi connectivity index (χ1n) is 10.6. The molecule has 0 spiro atoms. The summed E-state index contributed by atoms with van der Waals surface area (Å²) in [6.45, 7) is 1.97. The number of ether oxygens (including phenoxy) is 1. The van der Waals surface area contributed by atoms with Crippen LogP contribution in [0, 0.1) is 11.8 Å². The maximum atomic E-state index is 12.8. The number of aliphatic carboxylic acids is 1. The van der Waals surface area contributed by atoms with E-state index in [9.17, 15) is 37.5 Å². The van der Waals surface area contributed by atoms with Crippen molar-refractivity contribution in [3.8, 4) is 0 Å². The van der Waals surface area contributed by atoms with Gasteiger partial charge >= 0.3 is 18.2 Å². The van der Waals surface area contributed by atoms with Gasteiger partial charge in [-0.1, -0.05) is 6.92 Å². The summed E-state index contributed by atoms with van der Waals surface area (Å²) >= 11 is 1.31. The van der Waals surface area contributed by atoms with Crippen LogP contribution in [-0.4, -0.2) is 95.6 Å². The molecule has 0 bridgehead atoms. The van der Waals surface area contributed by atoms with Crippen LogP contribution in [0.2, 0.25) is 0 Å². The van der Waals surface area contributed by atoms with E-state index in [2.05, 4.69) is 15.4 Å². The number of nitrogens with zero attached hydrogens (tertiary/aromatic N) is 2. The Hall–Kier alpha value is -2.48. The van der Waals surface area contributed by atoms with Crippen LogP contribution in [0.5, 0.6) is 0 Å². The third-order valence-corrected chi connectivity index (χ3v) is 7.68. The summed E-state index contributed by atoms with van der Waals surface area (Å²) in [6, 6.07) is -1.81. The van der Waals surface area contributed by atoms with E-state index >= 15 is 0 Å². The molecular formula is C20H27F3N4O6S. The minimum absolute atomic E-state index is 0.0774. The van der Waals surface area contributed by atoms with Gasteiger partial charge in [-0.3, -0.25) is 9.59 Å². The average Bonchev–Trinajstić information content (AvgIpc) is 3.27. The number of likely N-dealkylation sites (N-methyl/N-ethyl adjacent to an activating group) is 1. The highest BCUT2D eigenvalue weighted by Gasteiger charge is 2.60. The number of nitrogens with one attached hydrogen (secondary N) is 2. The molecule has 34 heavy (non-hydrogen) atoms. The Balaban J connectivity index is 1.69. The molecule has 3 heterocycles. The number of rotatable bonds is 7. The zero-order chi connectivity index (χ0) is 25.5. The summed E-state index contributed by atoms with van der Waals surface area (Å²) in [5.41, 5.74) is -0.127. The zero-order valence-electron chi connectivity index (χ0n) is 19.0. The minimum Gasteiger partial charge on any atom is -0.477 e. The van der Waals surface area contributed by atoms with Gasteiger partial charge in [0.05, 0.1) is 18.0 Å². The van der Waals surface area contributed by atoms with Crippen LogP contribution in [0.3, 0.4) is 0 Å². The van der Waals surface area contributed by atoms with E-state index in [1.165, 1.54) is 28.5 Å². The zero-order valence-corrected chi connectivity index (χ0v) is 19.8. The number of carboxylic acids is 1. The molecule has 14 heteroatoms. The van der Waals surface area contributed by atoms with Crippen LogP contribution in [0.4, 0.5) is 18.0 Å². The van der Waals surface area contributed by atoms with E-state index < -0.39 is 48.8 Å². The van der Waals surface area contributed by atoms with E-state index in [0.717, 1.165) is 0 Å². The van der Waals surface area contributed by atoms with Crippen molar-refractivity contribution in [3.05, 3.63) is 10.6 Å². The Morgan fingerprint density at radius 2 is 2.00 bits per heavy atom. The number of fused-ring (bicyclic) bond motifs is 1. The fraction of sp³-hybridized carbons (Fsp3) is 0.700. The molecule has 0 saturated carbocycles. The molecule has 190 valence electrons. The van der Waals surface area contributed by atoms with Crippen LogP contribution in [0.1, 0.15) is 20.3 Å². The SMILES string of the molecule is C[C@H]1C(S[C@@H]2CN[C@H](C(=O)N(C)C)C2)=C(C(=O)O)N2C(=O)[C@H]([C@@H](C)NC(=O)OCC(F)(F)F)C12. The fourth-order valence-electron chi connectivity index (χ4n) is 4.63. The predicted molar refractivity (Wildman–Crippen MR) is 114 cm³/mol. The second kappa shape index (κ2) is 9.64. The Labute approximate surface area is 198 Å². The van der Waals surface area contributed by atoms with Crippen molar-refractivity contribution >= 4 is 35.6 Å². The summed E-state index contributed by atoms with van der Waals surface area (Å²) in [5, 5.41) is 15.1. The Kier molecular flexibility index (Phi) is 7.41. The summed E-state index contributed by atoms with van der Waals surface area (Å²) in [4.78, 5) is 52.0. The van der Waals surface area contributed by atoms with Crippen molar-refractivity contribution in [2.24, 2.45) is 11.8 Å². The average molecular weight is 509 g/mol. The van der Waals surface area contributed by atoms with Gasteiger partial charge in [0, 0.05) is 42.8 Å². The molecular weight excluding hydrogens is 481 g/mol. The maximum absolute atomic E-state index is 12.8. The quantitative estimate of drug-likeness (QED) is 0.435. The molecule has 6 atom stereocenters. The number of halogens is 3. The molecule has 0 aromatic carbocycles. The molecule has 0 aromatic heterocycles. The lowest BCUT2D eigenvalue weighted by molar-refractivity contribution is -0.162. The van der Waals surface area contributed by atoms with Crippen LogP contribution in [-0.2, 0) is 19.1 Å². The van der Waals surface area contributed by atoms with Crippen molar-refractivity contribution < 1.29 is 42.2 Å².